The van der Waals surface area contributed by atoms with Crippen molar-refractivity contribution in [3.05, 3.63) is 58.2 Å². The minimum atomic E-state index is -1.04. The summed E-state index contributed by atoms with van der Waals surface area (Å²) in [4.78, 5) is 69.8. The molecule has 4 aliphatic rings. The first kappa shape index (κ1) is 55.1. The molecule has 66 heavy (non-hydrogen) atoms. The van der Waals surface area contributed by atoms with Gasteiger partial charge in [-0.05, 0) is 75.3 Å². The lowest BCUT2D eigenvalue weighted by Crippen LogP contribution is -2.69. The molecule has 364 valence electrons. The van der Waals surface area contributed by atoms with Gasteiger partial charge in [0, 0.05) is 72.7 Å². The van der Waals surface area contributed by atoms with E-state index in [9.17, 15) is 19.2 Å². The maximum Gasteiger partial charge on any atom is 0.324 e. The highest BCUT2D eigenvalue weighted by Crippen LogP contribution is 2.42. The standard InChI is InChI=1S/C46H60N8O7S.4H2S/c1-9-52-37-15-14-28-18-32(37)33(41(52)31-12-10-16-47-39(31)27(4)59-8)21-46(5,6)25-61-44(57)34-13-11-17-53(50-34)43(56)35(20-38-48-36(28)24-62-38)49-42(55)40(26(2)3)51(7)45(58)54-29-19-30(54)23-60-22-29;;;;/h10,12,14-16,18,24,26-27,29-30,34-35,40,50H,9,11,13,17,19-23,25H2,1-8H3,(H,49,55);4*1H2/t27-,29?,30?,34-,35-,40-;;;;/m0..../s1. The van der Waals surface area contributed by atoms with Gasteiger partial charge in [0.2, 0.25) is 5.91 Å². The summed E-state index contributed by atoms with van der Waals surface area (Å²) in [5, 5.41) is 8.21. The Morgan fingerprint density at radius 2 is 1.82 bits per heavy atom. The number of thiazole rings is 1. The van der Waals surface area contributed by atoms with Crippen molar-refractivity contribution < 1.29 is 33.4 Å². The molecule has 15 nitrogen and oxygen atoms in total. The summed E-state index contributed by atoms with van der Waals surface area (Å²) >= 11 is 1.43. The van der Waals surface area contributed by atoms with Gasteiger partial charge in [0.05, 0.1) is 60.1 Å². The molecule has 3 aromatic heterocycles. The molecule has 8 rings (SSSR count). The first-order valence-electron chi connectivity index (χ1n) is 21.9. The molecule has 0 aliphatic carbocycles. The summed E-state index contributed by atoms with van der Waals surface area (Å²) in [5.41, 5.74) is 9.39. The summed E-state index contributed by atoms with van der Waals surface area (Å²) < 4.78 is 19.8. The molecule has 3 saturated heterocycles. The normalized spacial score (nSPS) is 22.2. The van der Waals surface area contributed by atoms with Crippen LogP contribution < -0.4 is 10.7 Å². The number of rotatable bonds is 8. The second-order valence-electron chi connectivity index (χ2n) is 18.3. The van der Waals surface area contributed by atoms with Crippen LogP contribution in [-0.4, -0.2) is 124 Å². The number of carbonyl (C=O) groups is 4. The molecule has 8 bridgehead atoms. The fourth-order valence-corrected chi connectivity index (χ4v) is 10.5. The number of hydrogen-bond donors (Lipinski definition) is 2. The number of fused-ring (bicyclic) bond motifs is 8. The molecule has 1 aromatic carbocycles. The third kappa shape index (κ3) is 10.9. The number of ether oxygens (including phenoxy) is 3. The van der Waals surface area contributed by atoms with Gasteiger partial charge in [0.15, 0.2) is 0 Å². The minimum Gasteiger partial charge on any atom is -0.464 e. The van der Waals surface area contributed by atoms with E-state index in [4.69, 9.17) is 24.2 Å². The first-order chi connectivity index (χ1) is 29.7. The third-order valence-corrected chi connectivity index (χ3v) is 13.8. The van der Waals surface area contributed by atoms with Gasteiger partial charge < -0.3 is 33.9 Å². The number of cyclic esters (lactones) is 1. The second-order valence-corrected chi connectivity index (χ2v) is 19.3. The Morgan fingerprint density at radius 1 is 1.09 bits per heavy atom. The number of nitrogens with one attached hydrogen (secondary N) is 2. The Kier molecular flexibility index (Phi) is 19.0. The Hall–Kier alpha value is -3.50. The first-order valence-corrected chi connectivity index (χ1v) is 22.8. The molecule has 7 heterocycles. The molecule has 3 fully saturated rings. The number of nitrogens with zero attached hydrogens (tertiary/aromatic N) is 6. The van der Waals surface area contributed by atoms with Gasteiger partial charge in [-0.1, -0.05) is 33.8 Å². The van der Waals surface area contributed by atoms with Crippen molar-refractivity contribution in [3.8, 4) is 22.5 Å². The van der Waals surface area contributed by atoms with Crippen LogP contribution in [0, 0.1) is 11.3 Å². The van der Waals surface area contributed by atoms with E-state index >= 15 is 0 Å². The summed E-state index contributed by atoms with van der Waals surface area (Å²) in [5.74, 6) is -1.52. The van der Waals surface area contributed by atoms with Crippen molar-refractivity contribution in [1.82, 2.24) is 40.1 Å². The van der Waals surface area contributed by atoms with Gasteiger partial charge in [-0.15, -0.1) is 11.3 Å². The maximum absolute atomic E-state index is 14.6. The second kappa shape index (κ2) is 22.7. The van der Waals surface area contributed by atoms with E-state index in [2.05, 4.69) is 60.3 Å². The summed E-state index contributed by atoms with van der Waals surface area (Å²) in [6.45, 7) is 14.3. The molecule has 4 amide bonds. The molecule has 0 radical (unpaired) electrons. The fraction of sp³-hybridized carbons (Fsp3) is 0.565. The number of benzene rings is 1. The van der Waals surface area contributed by atoms with Gasteiger partial charge in [0.1, 0.15) is 18.1 Å². The predicted octanol–water partition coefficient (Wildman–Crippen LogP) is 6.20. The smallest absolute Gasteiger partial charge is 0.324 e. The predicted molar refractivity (Wildman–Crippen MR) is 277 cm³/mol. The zero-order chi connectivity index (χ0) is 44.0. The minimum absolute atomic E-state index is 0. The zero-order valence-corrected chi connectivity index (χ0v) is 43.9. The van der Waals surface area contributed by atoms with E-state index in [-0.39, 0.29) is 97.1 Å². The lowest BCUT2D eigenvalue weighted by atomic mass is 9.84. The fourth-order valence-electron chi connectivity index (χ4n) is 9.70. The van der Waals surface area contributed by atoms with E-state index in [0.29, 0.717) is 50.6 Å². The van der Waals surface area contributed by atoms with Crippen LogP contribution in [0.4, 0.5) is 4.79 Å². The van der Waals surface area contributed by atoms with Crippen molar-refractivity contribution in [2.45, 2.75) is 117 Å². The Morgan fingerprint density at radius 3 is 2.48 bits per heavy atom. The third-order valence-electron chi connectivity index (χ3n) is 12.9. The molecule has 2 N–H and O–H groups in total. The van der Waals surface area contributed by atoms with Gasteiger partial charge in [0.25, 0.3) is 5.91 Å². The van der Waals surface area contributed by atoms with Crippen LogP contribution in [-0.2, 0) is 48.0 Å². The number of carbonyl (C=O) groups excluding carboxylic acids is 4. The summed E-state index contributed by atoms with van der Waals surface area (Å²) in [6.07, 6.45) is 4.19. The maximum atomic E-state index is 14.6. The number of urea groups is 1. The monoisotopic (exact) mass is 1000 g/mol. The number of methoxy groups -OCH3 is 1. The number of likely N-dealkylation sites (N-methyl/N-ethyl adjacent to an activating group) is 1. The highest BCUT2D eigenvalue weighted by molar-refractivity contribution is 7.59. The summed E-state index contributed by atoms with van der Waals surface area (Å²) in [6, 6.07) is 7.58. The Bertz CT molecular complexity index is 2350. The van der Waals surface area contributed by atoms with Crippen LogP contribution >= 0.6 is 65.3 Å². The number of esters is 1. The van der Waals surface area contributed by atoms with Crippen molar-refractivity contribution >= 4 is 100 Å². The molecule has 20 heteroatoms. The number of pyridine rings is 1. The quantitative estimate of drug-likeness (QED) is 0.195. The molecule has 0 spiro atoms. The van der Waals surface area contributed by atoms with Crippen LogP contribution in [0.15, 0.2) is 41.9 Å². The SMILES string of the molecule is CCn1c(-c2cccnc2[C@H](C)OC)c2c3cc(ccc31)-c1csc(n1)C[C@H](NC(=O)[C@H](C(C)C)N(C)C(=O)N1C3COCC1C3)C(=O)N1CCC[C@H](N1)C(=O)OCC(C)(C)C2.S.S.S.S. The van der Waals surface area contributed by atoms with E-state index in [1.807, 2.05) is 37.1 Å². The molecule has 6 atom stereocenters. The molecule has 4 aromatic rings. The van der Waals surface area contributed by atoms with E-state index in [1.165, 1.54) is 21.2 Å². The number of morpholine rings is 1. The van der Waals surface area contributed by atoms with Crippen LogP contribution in [0.2, 0.25) is 0 Å². The zero-order valence-electron chi connectivity index (χ0n) is 39.1. The van der Waals surface area contributed by atoms with E-state index in [1.54, 1.807) is 20.4 Å². The van der Waals surface area contributed by atoms with Crippen LogP contribution in [0.3, 0.4) is 0 Å². The van der Waals surface area contributed by atoms with Crippen molar-refractivity contribution in [1.29, 1.82) is 0 Å². The van der Waals surface area contributed by atoms with Crippen molar-refractivity contribution in [2.75, 3.05) is 40.5 Å². The van der Waals surface area contributed by atoms with Crippen LogP contribution in [0.1, 0.15) is 83.2 Å². The van der Waals surface area contributed by atoms with Gasteiger partial charge in [-0.3, -0.25) is 24.4 Å². The molecule has 2 unspecified atom stereocenters. The molecular formula is C46H68N8O7S5. The molecule has 0 saturated carbocycles. The van der Waals surface area contributed by atoms with Gasteiger partial charge >= 0.3 is 12.0 Å². The number of amides is 4. The lowest BCUT2D eigenvalue weighted by molar-refractivity contribution is -0.155. The summed E-state index contributed by atoms with van der Waals surface area (Å²) in [7, 11) is 3.34. The molecule has 4 aliphatic heterocycles. The van der Waals surface area contributed by atoms with Crippen LogP contribution in [0.25, 0.3) is 33.4 Å². The largest absolute Gasteiger partial charge is 0.464 e. The number of hydrogen-bond acceptors (Lipinski definition) is 11. The van der Waals surface area contributed by atoms with E-state index < -0.39 is 41.3 Å². The molecular weight excluding hydrogens is 937 g/mol. The Labute approximate surface area is 420 Å². The highest BCUT2D eigenvalue weighted by atomic mass is 32.1. The van der Waals surface area contributed by atoms with Gasteiger partial charge in [-0.25, -0.2) is 15.2 Å². The van der Waals surface area contributed by atoms with Crippen molar-refractivity contribution in [2.24, 2.45) is 11.3 Å². The van der Waals surface area contributed by atoms with E-state index in [0.717, 1.165) is 51.1 Å². The average Bonchev–Trinajstić information content (AvgIpc) is 3.86. The number of aryl methyl sites for hydroxylation is 1. The topological polar surface area (TPSA) is 160 Å². The number of aromatic nitrogens is 3. The van der Waals surface area contributed by atoms with Crippen molar-refractivity contribution in [3.63, 3.8) is 0 Å². The lowest BCUT2D eigenvalue weighted by Gasteiger charge is -2.53. The van der Waals surface area contributed by atoms with Crippen LogP contribution in [0.5, 0.6) is 0 Å². The highest BCUT2D eigenvalue weighted by Gasteiger charge is 2.48. The van der Waals surface area contributed by atoms with Gasteiger partial charge in [-0.2, -0.15) is 54.0 Å². The number of hydrazine groups is 1. The average molecular weight is 1010 g/mol. The Balaban J connectivity index is 0.00000238.